The van der Waals surface area contributed by atoms with E-state index in [1.165, 1.54) is 13.0 Å². The van der Waals surface area contributed by atoms with Crippen LogP contribution < -0.4 is 0 Å². The standard InChI is InChI=1S/C14H24O/c1-10-6-7-11(2)14(4,5)13(10)9-8-12(3)15/h8-11,13H,6-7H2,1-5H3/b9-8+/t10-,11-,13+/m1/s1/i4D3/t10-,11-,13+,14?. The van der Waals surface area contributed by atoms with Crippen LogP contribution in [0.25, 0.3) is 0 Å². The van der Waals surface area contributed by atoms with Crippen molar-refractivity contribution in [3.05, 3.63) is 12.2 Å². The van der Waals surface area contributed by atoms with Gasteiger partial charge in [-0.25, -0.2) is 0 Å². The van der Waals surface area contributed by atoms with E-state index in [-0.39, 0.29) is 17.6 Å². The molecular weight excluding hydrogens is 184 g/mol. The smallest absolute Gasteiger partial charge is 0.152 e. The summed E-state index contributed by atoms with van der Waals surface area (Å²) in [5.74, 6) is 0.371. The first kappa shape index (κ1) is 8.55. The predicted molar refractivity (Wildman–Crippen MR) is 64.7 cm³/mol. The predicted octanol–water partition coefficient (Wildman–Crippen LogP) is 3.84. The van der Waals surface area contributed by atoms with Gasteiger partial charge < -0.3 is 0 Å². The molecule has 0 aromatic carbocycles. The van der Waals surface area contributed by atoms with Gasteiger partial charge in [-0.05, 0) is 49.0 Å². The fraction of sp³-hybridized carbons (Fsp3) is 0.786. The Bertz CT molecular complexity index is 345. The number of hydrogen-bond acceptors (Lipinski definition) is 1. The Labute approximate surface area is 98.2 Å². The van der Waals surface area contributed by atoms with E-state index >= 15 is 0 Å². The topological polar surface area (TPSA) is 17.1 Å². The Kier molecular flexibility index (Phi) is 2.57. The first-order valence-electron chi connectivity index (χ1n) is 7.29. The molecule has 0 spiro atoms. The minimum atomic E-state index is -1.99. The van der Waals surface area contributed by atoms with Gasteiger partial charge in [0.2, 0.25) is 0 Å². The van der Waals surface area contributed by atoms with E-state index in [0.29, 0.717) is 5.92 Å². The molecule has 1 unspecified atom stereocenters. The minimum absolute atomic E-state index is 0.0201. The molecule has 15 heavy (non-hydrogen) atoms. The van der Waals surface area contributed by atoms with Crippen LogP contribution in [0.4, 0.5) is 0 Å². The SMILES string of the molecule is [2H]C([2H])([2H])C1(C)[C@H](C)CC[C@@H](C)[C@@H]1/C=C/C(C)=O. The van der Waals surface area contributed by atoms with Crippen LogP contribution in [0.3, 0.4) is 0 Å². The van der Waals surface area contributed by atoms with E-state index in [1.54, 1.807) is 0 Å². The van der Waals surface area contributed by atoms with Gasteiger partial charge in [0, 0.05) is 4.11 Å². The molecule has 0 aromatic heterocycles. The molecule has 1 saturated carbocycles. The molecule has 1 nitrogen and oxygen atoms in total. The Hall–Kier alpha value is -0.590. The van der Waals surface area contributed by atoms with Crippen LogP contribution in [0.2, 0.25) is 0 Å². The molecule has 1 rings (SSSR count). The summed E-state index contributed by atoms with van der Waals surface area (Å²) in [6.07, 6.45) is 5.33. The lowest BCUT2D eigenvalue weighted by Gasteiger charge is -2.46. The third kappa shape index (κ3) is 2.70. The maximum atomic E-state index is 11.1. The number of hydrogen-bond donors (Lipinski definition) is 0. The molecule has 1 heteroatoms. The van der Waals surface area contributed by atoms with Crippen molar-refractivity contribution in [1.29, 1.82) is 0 Å². The van der Waals surface area contributed by atoms with Crippen molar-refractivity contribution in [1.82, 2.24) is 0 Å². The summed E-state index contributed by atoms with van der Waals surface area (Å²) >= 11 is 0. The van der Waals surface area contributed by atoms with Crippen molar-refractivity contribution in [3.8, 4) is 0 Å². The van der Waals surface area contributed by atoms with Crippen LogP contribution in [-0.4, -0.2) is 5.78 Å². The molecule has 0 N–H and O–H groups in total. The maximum Gasteiger partial charge on any atom is 0.152 e. The molecule has 4 atom stereocenters. The molecule has 0 aromatic rings. The molecule has 0 radical (unpaired) electrons. The van der Waals surface area contributed by atoms with E-state index in [9.17, 15) is 4.79 Å². The average Bonchev–Trinajstić information content (AvgIpc) is 2.21. The zero-order valence-electron chi connectivity index (χ0n) is 13.2. The van der Waals surface area contributed by atoms with E-state index in [4.69, 9.17) is 4.11 Å². The van der Waals surface area contributed by atoms with Crippen molar-refractivity contribution in [2.45, 2.75) is 47.4 Å². The molecule has 0 saturated heterocycles. The number of allylic oxidation sites excluding steroid dienone is 2. The lowest BCUT2D eigenvalue weighted by molar-refractivity contribution is -0.112. The van der Waals surface area contributed by atoms with Crippen LogP contribution in [0, 0.1) is 23.2 Å². The summed E-state index contributed by atoms with van der Waals surface area (Å²) in [6, 6.07) is 0. The van der Waals surface area contributed by atoms with Crippen molar-refractivity contribution >= 4 is 5.78 Å². The van der Waals surface area contributed by atoms with Crippen molar-refractivity contribution in [3.63, 3.8) is 0 Å². The third-order valence-corrected chi connectivity index (χ3v) is 3.92. The van der Waals surface area contributed by atoms with Crippen LogP contribution in [0.15, 0.2) is 12.2 Å². The number of carbonyl (C=O) groups excluding carboxylic acids is 1. The summed E-state index contributed by atoms with van der Waals surface area (Å²) in [5, 5.41) is 0. The molecule has 1 fully saturated rings. The van der Waals surface area contributed by atoms with E-state index in [2.05, 4.69) is 6.92 Å². The molecule has 1 aliphatic carbocycles. The number of carbonyl (C=O) groups is 1. The fourth-order valence-corrected chi connectivity index (χ4v) is 2.54. The van der Waals surface area contributed by atoms with Gasteiger partial charge in [-0.1, -0.05) is 33.7 Å². The molecular formula is C14H24O. The van der Waals surface area contributed by atoms with Crippen molar-refractivity contribution in [2.75, 3.05) is 0 Å². The average molecular weight is 211 g/mol. The van der Waals surface area contributed by atoms with Gasteiger partial charge >= 0.3 is 0 Å². The molecule has 0 amide bonds. The van der Waals surface area contributed by atoms with E-state index in [0.717, 1.165) is 12.8 Å². The summed E-state index contributed by atoms with van der Waals surface area (Å²) < 4.78 is 23.6. The minimum Gasteiger partial charge on any atom is -0.295 e. The summed E-state index contributed by atoms with van der Waals surface area (Å²) in [4.78, 5) is 11.1. The number of rotatable bonds is 2. The number of ketones is 1. The Balaban J connectivity index is 3.17. The summed E-state index contributed by atoms with van der Waals surface area (Å²) in [5.41, 5.74) is -0.739. The zero-order chi connectivity index (χ0) is 14.1. The second-order valence-corrected chi connectivity index (χ2v) is 5.23. The van der Waals surface area contributed by atoms with Gasteiger partial charge in [-0.3, -0.25) is 4.79 Å². The van der Waals surface area contributed by atoms with Gasteiger partial charge in [0.1, 0.15) is 0 Å². The lowest BCUT2D eigenvalue weighted by atomic mass is 9.59. The molecule has 0 heterocycles. The third-order valence-electron chi connectivity index (χ3n) is 3.92. The first-order valence-corrected chi connectivity index (χ1v) is 5.79. The molecule has 0 bridgehead atoms. The summed E-state index contributed by atoms with van der Waals surface area (Å²) in [6.45, 7) is 5.47. The highest BCUT2D eigenvalue weighted by Gasteiger charge is 2.39. The molecule has 1 aliphatic rings. The van der Waals surface area contributed by atoms with Crippen molar-refractivity contribution in [2.24, 2.45) is 23.2 Å². The van der Waals surface area contributed by atoms with Crippen LogP contribution >= 0.6 is 0 Å². The highest BCUT2D eigenvalue weighted by Crippen LogP contribution is 2.48. The second-order valence-electron chi connectivity index (χ2n) is 5.23. The second kappa shape index (κ2) is 4.51. The van der Waals surface area contributed by atoms with Gasteiger partial charge in [-0.2, -0.15) is 0 Å². The van der Waals surface area contributed by atoms with Crippen LogP contribution in [0.5, 0.6) is 0 Å². The van der Waals surface area contributed by atoms with Gasteiger partial charge in [0.05, 0.1) is 0 Å². The van der Waals surface area contributed by atoms with Crippen LogP contribution in [0.1, 0.15) is 51.5 Å². The van der Waals surface area contributed by atoms with E-state index < -0.39 is 12.3 Å². The first-order chi connectivity index (χ1) is 8.10. The van der Waals surface area contributed by atoms with Gasteiger partial charge in [0.15, 0.2) is 5.78 Å². The maximum absolute atomic E-state index is 11.1. The quantitative estimate of drug-likeness (QED) is 0.634. The monoisotopic (exact) mass is 211 g/mol. The lowest BCUT2D eigenvalue weighted by Crippen LogP contribution is -2.38. The largest absolute Gasteiger partial charge is 0.295 e. The Morgan fingerprint density at radius 2 is 2.13 bits per heavy atom. The molecule has 0 aliphatic heterocycles. The van der Waals surface area contributed by atoms with Crippen molar-refractivity contribution < 1.29 is 8.91 Å². The fourth-order valence-electron chi connectivity index (χ4n) is 2.54. The zero-order valence-corrected chi connectivity index (χ0v) is 10.2. The highest BCUT2D eigenvalue weighted by molar-refractivity contribution is 5.87. The Morgan fingerprint density at radius 3 is 2.67 bits per heavy atom. The van der Waals surface area contributed by atoms with Crippen LogP contribution in [-0.2, 0) is 4.79 Å². The van der Waals surface area contributed by atoms with Gasteiger partial charge in [0.25, 0.3) is 0 Å². The van der Waals surface area contributed by atoms with E-state index in [1.807, 2.05) is 19.9 Å². The molecule has 86 valence electrons. The Morgan fingerprint density at radius 1 is 1.47 bits per heavy atom. The summed E-state index contributed by atoms with van der Waals surface area (Å²) in [7, 11) is 0. The normalized spacial score (nSPS) is 45.9. The highest BCUT2D eigenvalue weighted by atomic mass is 16.1. The van der Waals surface area contributed by atoms with Gasteiger partial charge in [-0.15, -0.1) is 0 Å².